The lowest BCUT2D eigenvalue weighted by Gasteiger charge is -2.12. The molecule has 0 spiro atoms. The topological polar surface area (TPSA) is 78.4 Å². The monoisotopic (exact) mass is 264 g/mol. The molecule has 0 fully saturated rings. The number of amides is 1. The summed E-state index contributed by atoms with van der Waals surface area (Å²) in [6.07, 6.45) is 0. The lowest BCUT2D eigenvalue weighted by atomic mass is 10.0. The van der Waals surface area contributed by atoms with Crippen molar-refractivity contribution in [2.24, 2.45) is 0 Å². The first-order valence-corrected chi connectivity index (χ1v) is 6.19. The van der Waals surface area contributed by atoms with Gasteiger partial charge in [-0.15, -0.1) is 0 Å². The molecule has 0 aliphatic rings. The van der Waals surface area contributed by atoms with Gasteiger partial charge in [0.15, 0.2) is 0 Å². The first-order valence-electron chi connectivity index (χ1n) is 6.19. The summed E-state index contributed by atoms with van der Waals surface area (Å²) in [4.78, 5) is 22.8. The molecule has 0 aromatic heterocycles. The molecule has 19 heavy (non-hydrogen) atoms. The number of carboxylic acids is 1. The van der Waals surface area contributed by atoms with Gasteiger partial charge in [-0.05, 0) is 37.1 Å². The van der Waals surface area contributed by atoms with Crippen LogP contribution in [0.2, 0.25) is 0 Å². The van der Waals surface area contributed by atoms with Gasteiger partial charge in [0.2, 0.25) is 5.91 Å². The third-order valence-corrected chi connectivity index (χ3v) is 2.85. The maximum absolute atomic E-state index is 11.7. The third kappa shape index (κ3) is 4.37. The number of carboxylic acid groups (broad SMARTS) is 1. The summed E-state index contributed by atoms with van der Waals surface area (Å²) in [5, 5.41) is 14.8. The van der Waals surface area contributed by atoms with Crippen molar-refractivity contribution >= 4 is 17.6 Å². The second-order valence-electron chi connectivity index (χ2n) is 4.85. The molecular formula is C14H20N2O3. The number of nitrogens with one attached hydrogen (secondary N) is 2. The fourth-order valence-corrected chi connectivity index (χ4v) is 1.66. The number of hydrogen-bond acceptors (Lipinski definition) is 3. The highest BCUT2D eigenvalue weighted by molar-refractivity contribution is 5.96. The zero-order valence-corrected chi connectivity index (χ0v) is 11.7. The number of benzene rings is 1. The van der Waals surface area contributed by atoms with Gasteiger partial charge in [0.1, 0.15) is 0 Å². The fraction of sp³-hybridized carbons (Fsp3) is 0.429. The van der Waals surface area contributed by atoms with Gasteiger partial charge < -0.3 is 15.7 Å². The molecule has 1 aromatic carbocycles. The van der Waals surface area contributed by atoms with Crippen molar-refractivity contribution in [3.63, 3.8) is 0 Å². The van der Waals surface area contributed by atoms with Crippen LogP contribution in [0.1, 0.15) is 35.3 Å². The predicted octanol–water partition coefficient (Wildman–Crippen LogP) is 1.94. The Hall–Kier alpha value is -1.88. The van der Waals surface area contributed by atoms with Crippen LogP contribution >= 0.6 is 0 Å². The highest BCUT2D eigenvalue weighted by Gasteiger charge is 2.12. The summed E-state index contributed by atoms with van der Waals surface area (Å²) in [5.74, 6) is -1.18. The van der Waals surface area contributed by atoms with Crippen LogP contribution in [0.5, 0.6) is 0 Å². The lowest BCUT2D eigenvalue weighted by molar-refractivity contribution is -0.115. The zero-order chi connectivity index (χ0) is 14.6. The Labute approximate surface area is 113 Å². The molecule has 0 aliphatic heterocycles. The van der Waals surface area contributed by atoms with Crippen molar-refractivity contribution in [2.75, 3.05) is 11.9 Å². The largest absolute Gasteiger partial charge is 0.478 e. The van der Waals surface area contributed by atoms with E-state index in [-0.39, 0.29) is 24.1 Å². The third-order valence-electron chi connectivity index (χ3n) is 2.85. The second kappa shape index (κ2) is 6.33. The molecule has 0 saturated heterocycles. The molecule has 5 nitrogen and oxygen atoms in total. The predicted molar refractivity (Wildman–Crippen MR) is 74.6 cm³/mol. The highest BCUT2D eigenvalue weighted by Crippen LogP contribution is 2.19. The average molecular weight is 264 g/mol. The van der Waals surface area contributed by atoms with Gasteiger partial charge >= 0.3 is 5.97 Å². The molecule has 104 valence electrons. The highest BCUT2D eigenvalue weighted by atomic mass is 16.4. The molecular weight excluding hydrogens is 244 g/mol. The molecule has 1 aromatic rings. The summed E-state index contributed by atoms with van der Waals surface area (Å²) in [7, 11) is 0. The van der Waals surface area contributed by atoms with E-state index < -0.39 is 5.97 Å². The number of carbonyl (C=O) groups excluding carboxylic acids is 1. The van der Waals surface area contributed by atoms with Crippen LogP contribution in [0.25, 0.3) is 0 Å². The first-order chi connectivity index (χ1) is 8.81. The Morgan fingerprint density at radius 1 is 1.26 bits per heavy atom. The number of hydrogen-bond donors (Lipinski definition) is 3. The van der Waals surface area contributed by atoms with Gasteiger partial charge in [0.25, 0.3) is 0 Å². The van der Waals surface area contributed by atoms with Crippen molar-refractivity contribution in [1.29, 1.82) is 0 Å². The minimum Gasteiger partial charge on any atom is -0.478 e. The summed E-state index contributed by atoms with van der Waals surface area (Å²) >= 11 is 0. The number of anilines is 1. The SMILES string of the molecule is Cc1cc(NC(=O)CNC(C)C)cc(C(=O)O)c1C. The average Bonchev–Trinajstić information content (AvgIpc) is 2.30. The van der Waals surface area contributed by atoms with Crippen LogP contribution in [0.4, 0.5) is 5.69 Å². The Kier molecular flexibility index (Phi) is 5.06. The minimum absolute atomic E-state index is 0.187. The van der Waals surface area contributed by atoms with E-state index in [1.807, 2.05) is 20.8 Å². The molecule has 1 rings (SSSR count). The molecule has 0 aliphatic carbocycles. The van der Waals surface area contributed by atoms with Gasteiger partial charge in [-0.3, -0.25) is 4.79 Å². The van der Waals surface area contributed by atoms with Gasteiger partial charge in [0.05, 0.1) is 12.1 Å². The second-order valence-corrected chi connectivity index (χ2v) is 4.85. The summed E-state index contributed by atoms with van der Waals surface area (Å²) in [6.45, 7) is 7.68. The molecule has 0 bridgehead atoms. The fourth-order valence-electron chi connectivity index (χ4n) is 1.66. The number of carbonyl (C=O) groups is 2. The minimum atomic E-state index is -0.989. The van der Waals surface area contributed by atoms with E-state index in [4.69, 9.17) is 5.11 Å². The number of aromatic carboxylic acids is 1. The Bertz CT molecular complexity index is 496. The molecule has 1 amide bonds. The van der Waals surface area contributed by atoms with Crippen molar-refractivity contribution in [2.45, 2.75) is 33.7 Å². The Morgan fingerprint density at radius 3 is 2.42 bits per heavy atom. The normalized spacial score (nSPS) is 10.6. The molecule has 0 saturated carbocycles. The molecule has 0 heterocycles. The van der Waals surface area contributed by atoms with E-state index in [1.54, 1.807) is 13.0 Å². The van der Waals surface area contributed by atoms with E-state index in [2.05, 4.69) is 10.6 Å². The van der Waals surface area contributed by atoms with Crippen LogP contribution in [-0.4, -0.2) is 29.6 Å². The van der Waals surface area contributed by atoms with Crippen LogP contribution in [0.15, 0.2) is 12.1 Å². The van der Waals surface area contributed by atoms with Gasteiger partial charge in [0, 0.05) is 11.7 Å². The standard InChI is InChI=1S/C14H20N2O3/c1-8(2)15-7-13(17)16-11-5-9(3)10(4)12(6-11)14(18)19/h5-6,8,15H,7H2,1-4H3,(H,16,17)(H,18,19). The maximum Gasteiger partial charge on any atom is 0.336 e. The molecule has 0 unspecified atom stereocenters. The summed E-state index contributed by atoms with van der Waals surface area (Å²) in [6, 6.07) is 3.48. The summed E-state index contributed by atoms with van der Waals surface area (Å²) < 4.78 is 0. The van der Waals surface area contributed by atoms with Crippen molar-refractivity contribution in [3.05, 3.63) is 28.8 Å². The maximum atomic E-state index is 11.7. The van der Waals surface area contributed by atoms with Crippen LogP contribution in [0.3, 0.4) is 0 Å². The van der Waals surface area contributed by atoms with E-state index in [0.29, 0.717) is 11.3 Å². The molecule has 0 atom stereocenters. The molecule has 0 radical (unpaired) electrons. The smallest absolute Gasteiger partial charge is 0.336 e. The number of rotatable bonds is 5. The van der Waals surface area contributed by atoms with E-state index in [9.17, 15) is 9.59 Å². The van der Waals surface area contributed by atoms with Crippen LogP contribution in [0, 0.1) is 13.8 Å². The zero-order valence-electron chi connectivity index (χ0n) is 11.7. The van der Waals surface area contributed by atoms with Crippen LogP contribution < -0.4 is 10.6 Å². The van der Waals surface area contributed by atoms with Gasteiger partial charge in [-0.2, -0.15) is 0 Å². The number of aryl methyl sites for hydroxylation is 1. The molecule has 5 heteroatoms. The van der Waals surface area contributed by atoms with E-state index in [0.717, 1.165) is 5.56 Å². The van der Waals surface area contributed by atoms with E-state index in [1.165, 1.54) is 6.07 Å². The lowest BCUT2D eigenvalue weighted by Crippen LogP contribution is -2.32. The van der Waals surface area contributed by atoms with E-state index >= 15 is 0 Å². The summed E-state index contributed by atoms with van der Waals surface area (Å²) in [5.41, 5.74) is 2.28. The van der Waals surface area contributed by atoms with Crippen molar-refractivity contribution < 1.29 is 14.7 Å². The van der Waals surface area contributed by atoms with Crippen LogP contribution in [-0.2, 0) is 4.79 Å². The Balaban J connectivity index is 2.85. The Morgan fingerprint density at radius 2 is 1.89 bits per heavy atom. The van der Waals surface area contributed by atoms with Crippen molar-refractivity contribution in [3.8, 4) is 0 Å². The van der Waals surface area contributed by atoms with Gasteiger partial charge in [-0.25, -0.2) is 4.79 Å². The van der Waals surface area contributed by atoms with Gasteiger partial charge in [-0.1, -0.05) is 13.8 Å². The van der Waals surface area contributed by atoms with Crippen molar-refractivity contribution in [1.82, 2.24) is 5.32 Å². The molecule has 3 N–H and O–H groups in total. The first kappa shape index (κ1) is 15.2. The quantitative estimate of drug-likeness (QED) is 0.759.